The van der Waals surface area contributed by atoms with E-state index in [1.54, 1.807) is 0 Å². The molecular weight excluding hydrogens is 507 g/mol. The number of nitrogens with zero attached hydrogens (tertiary/aromatic N) is 2. The molecule has 0 saturated heterocycles. The maximum atomic E-state index is 8.49. The van der Waals surface area contributed by atoms with E-state index in [1.165, 1.54) is 0 Å². The van der Waals surface area contributed by atoms with E-state index in [9.17, 15) is 0 Å². The second kappa shape index (κ2) is 11.0. The zero-order valence-electron chi connectivity index (χ0n) is 18.7. The predicted octanol–water partition coefficient (Wildman–Crippen LogP) is 1.84. The van der Waals surface area contributed by atoms with Crippen LogP contribution in [-0.2, 0) is 6.54 Å². The van der Waals surface area contributed by atoms with Crippen molar-refractivity contribution in [2.45, 2.75) is 33.7 Å². The minimum atomic E-state index is -4.94. The fourth-order valence-corrected chi connectivity index (χ4v) is 3.91. The fraction of sp³-hybridized carbons (Fsp3) is 0.261. The Balaban J connectivity index is 0.000000588. The van der Waals surface area contributed by atoms with Crippen LogP contribution in [0.5, 0.6) is 5.75 Å². The smallest absolute Gasteiger partial charge is 0.374 e. The molecule has 1 aliphatic heterocycles. The van der Waals surface area contributed by atoms with Crippen molar-refractivity contribution >= 4 is 46.1 Å². The standard InChI is InChI=1S/C23H23Cl2N2O2.ClHO4/c1-4-15(11-22-26(5-2)18-13-16(24)7-9-20(18)28-22)12-23-27(6-3)19-14-17(25)8-10-21(19)29-23;2-1(3,4)5/h7-14H,4-6H2,1-3H3;(H,2,3,4,5)/q+1;/p-1. The Morgan fingerprint density at radius 1 is 1.03 bits per heavy atom. The quantitative estimate of drug-likeness (QED) is 0.462. The molecule has 1 aromatic heterocycles. The summed E-state index contributed by atoms with van der Waals surface area (Å²) in [6.45, 7) is 7.88. The van der Waals surface area contributed by atoms with E-state index >= 15 is 0 Å². The summed E-state index contributed by atoms with van der Waals surface area (Å²) in [6.07, 6.45) is 4.97. The first-order chi connectivity index (χ1) is 16.0. The highest BCUT2D eigenvalue weighted by molar-refractivity contribution is 6.31. The lowest BCUT2D eigenvalue weighted by atomic mass is 10.2. The molecule has 0 N–H and O–H groups in total. The number of hydrogen-bond acceptors (Lipinski definition) is 7. The maximum absolute atomic E-state index is 8.49. The molecule has 0 amide bonds. The molecule has 0 radical (unpaired) electrons. The number of anilines is 1. The number of halogens is 3. The lowest BCUT2D eigenvalue weighted by Gasteiger charge is -2.17. The minimum absolute atomic E-state index is 0.697. The van der Waals surface area contributed by atoms with Crippen LogP contribution in [0, 0.1) is 10.2 Å². The number of benzene rings is 2. The first kappa shape index (κ1) is 26.3. The minimum Gasteiger partial charge on any atom is -0.439 e. The molecule has 34 heavy (non-hydrogen) atoms. The molecule has 0 bridgehead atoms. The third-order valence-corrected chi connectivity index (χ3v) is 5.51. The first-order valence-electron chi connectivity index (χ1n) is 10.4. The van der Waals surface area contributed by atoms with Crippen molar-refractivity contribution in [1.29, 1.82) is 0 Å². The van der Waals surface area contributed by atoms with E-state index in [1.807, 2.05) is 36.4 Å². The van der Waals surface area contributed by atoms with Crippen LogP contribution >= 0.6 is 23.2 Å². The van der Waals surface area contributed by atoms with Crippen LogP contribution in [0.4, 0.5) is 5.69 Å². The molecule has 0 fully saturated rings. The van der Waals surface area contributed by atoms with E-state index in [4.69, 9.17) is 51.0 Å². The highest BCUT2D eigenvalue weighted by atomic mass is 35.7. The van der Waals surface area contributed by atoms with Gasteiger partial charge in [0.15, 0.2) is 5.75 Å². The van der Waals surface area contributed by atoms with Gasteiger partial charge >= 0.3 is 5.89 Å². The zero-order valence-corrected chi connectivity index (χ0v) is 21.0. The Morgan fingerprint density at radius 3 is 2.29 bits per heavy atom. The summed E-state index contributed by atoms with van der Waals surface area (Å²) < 4.78 is 48.3. The van der Waals surface area contributed by atoms with Gasteiger partial charge in [0.2, 0.25) is 11.5 Å². The molecule has 182 valence electrons. The van der Waals surface area contributed by atoms with Crippen LogP contribution in [0.15, 0.2) is 58.3 Å². The third-order valence-electron chi connectivity index (χ3n) is 5.04. The Bertz CT molecular complexity index is 1230. The van der Waals surface area contributed by atoms with E-state index in [0.29, 0.717) is 10.0 Å². The van der Waals surface area contributed by atoms with Gasteiger partial charge in [-0.15, -0.1) is 10.2 Å². The highest BCUT2D eigenvalue weighted by Gasteiger charge is 2.26. The molecule has 11 heteroatoms. The molecule has 2 heterocycles. The molecular formula is C23H23Cl3N2O6. The number of ether oxygens (including phenoxy) is 1. The SMILES string of the molecule is CCC(=Cc1oc2ccc(Cl)cc2[n+]1CC)C=C1Oc2ccc(Cl)cc2N1CC.[O-][Cl+3]([O-])([O-])[O-]. The van der Waals surface area contributed by atoms with Crippen molar-refractivity contribution in [2.24, 2.45) is 0 Å². The number of oxazole rings is 1. The van der Waals surface area contributed by atoms with Crippen LogP contribution in [0.3, 0.4) is 0 Å². The normalized spacial score (nSPS) is 14.8. The number of aromatic nitrogens is 1. The largest absolute Gasteiger partial charge is 0.439 e. The molecule has 0 spiro atoms. The van der Waals surface area contributed by atoms with E-state index in [0.717, 1.165) is 59.4 Å². The summed E-state index contributed by atoms with van der Waals surface area (Å²) in [4.78, 5) is 2.12. The first-order valence-corrected chi connectivity index (χ1v) is 12.4. The van der Waals surface area contributed by atoms with Gasteiger partial charge in [-0.2, -0.15) is 4.57 Å². The van der Waals surface area contributed by atoms with Gasteiger partial charge in [-0.3, -0.25) is 0 Å². The van der Waals surface area contributed by atoms with Crippen LogP contribution in [0.25, 0.3) is 17.2 Å². The lowest BCUT2D eigenvalue weighted by Crippen LogP contribution is -2.68. The number of rotatable bonds is 5. The molecule has 0 saturated carbocycles. The van der Waals surface area contributed by atoms with Gasteiger partial charge in [0.05, 0.1) is 11.8 Å². The molecule has 8 nitrogen and oxygen atoms in total. The molecule has 0 atom stereocenters. The molecule has 0 aliphatic carbocycles. The summed E-state index contributed by atoms with van der Waals surface area (Å²) in [6, 6.07) is 11.4. The van der Waals surface area contributed by atoms with Gasteiger partial charge < -0.3 is 14.1 Å². The third kappa shape index (κ3) is 6.43. The second-order valence-electron chi connectivity index (χ2n) is 7.19. The Labute approximate surface area is 209 Å². The monoisotopic (exact) mass is 528 g/mol. The van der Waals surface area contributed by atoms with Crippen LogP contribution < -0.4 is 32.8 Å². The number of allylic oxidation sites excluding steroid dienone is 2. The van der Waals surface area contributed by atoms with Crippen LogP contribution in [-0.4, -0.2) is 6.54 Å². The Kier molecular flexibility index (Phi) is 8.48. The van der Waals surface area contributed by atoms with Gasteiger partial charge in [0.1, 0.15) is 6.54 Å². The van der Waals surface area contributed by atoms with Gasteiger partial charge in [-0.05, 0) is 56.2 Å². The molecule has 4 rings (SSSR count). The number of fused-ring (bicyclic) bond motifs is 2. The van der Waals surface area contributed by atoms with Crippen molar-refractivity contribution in [3.05, 3.63) is 69.9 Å². The molecule has 2 aromatic carbocycles. The predicted molar refractivity (Wildman–Crippen MR) is 119 cm³/mol. The fourth-order valence-electron chi connectivity index (χ4n) is 3.58. The van der Waals surface area contributed by atoms with E-state index in [-0.39, 0.29) is 0 Å². The summed E-state index contributed by atoms with van der Waals surface area (Å²) in [5.41, 5.74) is 3.90. The van der Waals surface area contributed by atoms with E-state index in [2.05, 4.69) is 42.4 Å². The summed E-state index contributed by atoms with van der Waals surface area (Å²) in [5, 5.41) is 1.39. The number of aryl methyl sites for hydroxylation is 1. The average molecular weight is 530 g/mol. The Morgan fingerprint density at radius 2 is 1.68 bits per heavy atom. The van der Waals surface area contributed by atoms with Crippen molar-refractivity contribution in [3.8, 4) is 5.75 Å². The van der Waals surface area contributed by atoms with Gasteiger partial charge in [-0.25, -0.2) is 18.6 Å². The summed E-state index contributed by atoms with van der Waals surface area (Å²) in [5.74, 6) is 2.40. The average Bonchev–Trinajstić information content (AvgIpc) is 3.27. The Hall–Kier alpha value is -2.30. The topological polar surface area (TPSA) is 122 Å². The van der Waals surface area contributed by atoms with Crippen molar-refractivity contribution in [2.75, 3.05) is 11.4 Å². The van der Waals surface area contributed by atoms with Crippen molar-refractivity contribution < 1.29 is 42.6 Å². The van der Waals surface area contributed by atoms with Crippen molar-refractivity contribution in [1.82, 2.24) is 0 Å². The molecule has 0 unspecified atom stereocenters. The maximum Gasteiger partial charge on any atom is 0.374 e. The molecule has 3 aromatic rings. The summed E-state index contributed by atoms with van der Waals surface area (Å²) in [7, 11) is -4.94. The zero-order chi connectivity index (χ0) is 25.0. The van der Waals surface area contributed by atoms with Gasteiger partial charge in [-0.1, -0.05) is 30.1 Å². The van der Waals surface area contributed by atoms with Crippen molar-refractivity contribution in [3.63, 3.8) is 0 Å². The van der Waals surface area contributed by atoms with Gasteiger partial charge in [0.25, 0.3) is 5.52 Å². The van der Waals surface area contributed by atoms with E-state index < -0.39 is 10.2 Å². The lowest BCUT2D eigenvalue weighted by molar-refractivity contribution is -2.00. The number of hydrogen-bond donors (Lipinski definition) is 0. The van der Waals surface area contributed by atoms with Gasteiger partial charge in [0, 0.05) is 28.7 Å². The van der Waals surface area contributed by atoms with Crippen LogP contribution in [0.2, 0.25) is 10.0 Å². The summed E-state index contributed by atoms with van der Waals surface area (Å²) >= 11 is 12.4. The highest BCUT2D eigenvalue weighted by Crippen LogP contribution is 2.40. The molecule has 1 aliphatic rings. The van der Waals surface area contributed by atoms with Crippen LogP contribution in [0.1, 0.15) is 33.1 Å². The second-order valence-corrected chi connectivity index (χ2v) is 8.82.